The number of thiazole rings is 1. The van der Waals surface area contributed by atoms with Gasteiger partial charge in [-0.25, -0.2) is 14.8 Å². The standard InChI is InChI=1S/C8H7N3O2S/c1-5-6(7(12)13)14-8(10-5)11-3-2-9-4-11/h2-4H,1H3,(H,12,13). The number of hydrogen-bond acceptors (Lipinski definition) is 4. The molecule has 0 fully saturated rings. The van der Waals surface area contributed by atoms with E-state index < -0.39 is 5.97 Å². The number of carbonyl (C=O) groups is 1. The highest BCUT2D eigenvalue weighted by Gasteiger charge is 2.14. The largest absolute Gasteiger partial charge is 0.477 e. The molecule has 5 nitrogen and oxygen atoms in total. The normalized spacial score (nSPS) is 10.4. The predicted octanol–water partition coefficient (Wildman–Crippen LogP) is 1.34. The number of aryl methyl sites for hydroxylation is 1. The Morgan fingerprint density at radius 2 is 2.43 bits per heavy atom. The first-order valence-electron chi connectivity index (χ1n) is 3.87. The Morgan fingerprint density at radius 3 is 2.93 bits per heavy atom. The first-order chi connectivity index (χ1) is 6.68. The molecule has 0 unspecified atom stereocenters. The molecule has 14 heavy (non-hydrogen) atoms. The van der Waals surface area contributed by atoms with Crippen molar-refractivity contribution in [2.45, 2.75) is 6.92 Å². The maximum absolute atomic E-state index is 10.8. The van der Waals surface area contributed by atoms with E-state index in [-0.39, 0.29) is 4.88 Å². The van der Waals surface area contributed by atoms with Gasteiger partial charge in [0, 0.05) is 12.4 Å². The fourth-order valence-electron chi connectivity index (χ4n) is 1.06. The highest BCUT2D eigenvalue weighted by Crippen LogP contribution is 2.20. The molecule has 72 valence electrons. The van der Waals surface area contributed by atoms with Gasteiger partial charge in [0.1, 0.15) is 11.2 Å². The van der Waals surface area contributed by atoms with Crippen LogP contribution in [0.4, 0.5) is 0 Å². The molecule has 0 spiro atoms. The number of aromatic nitrogens is 3. The van der Waals surface area contributed by atoms with E-state index in [0.29, 0.717) is 10.8 Å². The molecule has 0 aliphatic heterocycles. The van der Waals surface area contributed by atoms with Crippen LogP contribution in [0.3, 0.4) is 0 Å². The van der Waals surface area contributed by atoms with Crippen LogP contribution in [-0.2, 0) is 0 Å². The van der Waals surface area contributed by atoms with E-state index in [4.69, 9.17) is 5.11 Å². The van der Waals surface area contributed by atoms with Crippen molar-refractivity contribution in [3.8, 4) is 5.13 Å². The van der Waals surface area contributed by atoms with Gasteiger partial charge in [-0.2, -0.15) is 0 Å². The van der Waals surface area contributed by atoms with Gasteiger partial charge in [-0.05, 0) is 6.92 Å². The molecule has 2 aromatic rings. The second-order valence-electron chi connectivity index (χ2n) is 2.69. The van der Waals surface area contributed by atoms with Crippen LogP contribution in [0.15, 0.2) is 18.7 Å². The molecule has 0 aliphatic carbocycles. The molecule has 0 radical (unpaired) electrons. The fourth-order valence-corrected chi connectivity index (χ4v) is 1.92. The maximum atomic E-state index is 10.8. The molecule has 0 aromatic carbocycles. The van der Waals surface area contributed by atoms with Crippen LogP contribution in [0.5, 0.6) is 0 Å². The molecule has 0 saturated heterocycles. The minimum atomic E-state index is -0.939. The number of carboxylic acid groups (broad SMARTS) is 1. The summed E-state index contributed by atoms with van der Waals surface area (Å²) in [5.41, 5.74) is 0.534. The first kappa shape index (κ1) is 8.89. The second-order valence-corrected chi connectivity index (χ2v) is 3.66. The topological polar surface area (TPSA) is 68.0 Å². The average molecular weight is 209 g/mol. The van der Waals surface area contributed by atoms with E-state index in [2.05, 4.69) is 9.97 Å². The summed E-state index contributed by atoms with van der Waals surface area (Å²) in [6.07, 6.45) is 4.94. The Hall–Kier alpha value is -1.69. The van der Waals surface area contributed by atoms with Gasteiger partial charge >= 0.3 is 5.97 Å². The lowest BCUT2D eigenvalue weighted by Gasteiger charge is -1.91. The number of imidazole rings is 1. The molecular weight excluding hydrogens is 202 g/mol. The van der Waals surface area contributed by atoms with Gasteiger partial charge in [0.25, 0.3) is 0 Å². The molecule has 2 heterocycles. The highest BCUT2D eigenvalue weighted by molar-refractivity contribution is 7.16. The molecule has 0 saturated carbocycles. The van der Waals surface area contributed by atoms with Crippen molar-refractivity contribution in [1.29, 1.82) is 0 Å². The van der Waals surface area contributed by atoms with Gasteiger partial charge < -0.3 is 5.11 Å². The summed E-state index contributed by atoms with van der Waals surface area (Å²) in [5, 5.41) is 9.44. The summed E-state index contributed by atoms with van der Waals surface area (Å²) in [6, 6.07) is 0. The van der Waals surface area contributed by atoms with Crippen LogP contribution in [0.25, 0.3) is 5.13 Å². The third-order valence-corrected chi connectivity index (χ3v) is 2.86. The lowest BCUT2D eigenvalue weighted by atomic mass is 10.4. The Morgan fingerprint density at radius 1 is 1.64 bits per heavy atom. The predicted molar refractivity (Wildman–Crippen MR) is 50.9 cm³/mol. The quantitative estimate of drug-likeness (QED) is 0.810. The van der Waals surface area contributed by atoms with E-state index in [9.17, 15) is 4.79 Å². The van der Waals surface area contributed by atoms with Gasteiger partial charge in [0.05, 0.1) is 5.69 Å². The molecule has 1 N–H and O–H groups in total. The van der Waals surface area contributed by atoms with Crippen molar-refractivity contribution in [2.75, 3.05) is 0 Å². The summed E-state index contributed by atoms with van der Waals surface area (Å²) < 4.78 is 1.68. The van der Waals surface area contributed by atoms with E-state index >= 15 is 0 Å². The van der Waals surface area contributed by atoms with Gasteiger partial charge in [-0.15, -0.1) is 0 Å². The van der Waals surface area contributed by atoms with Crippen LogP contribution < -0.4 is 0 Å². The minimum absolute atomic E-state index is 0.272. The summed E-state index contributed by atoms with van der Waals surface area (Å²) in [6.45, 7) is 1.68. The molecule has 0 aliphatic rings. The molecule has 6 heteroatoms. The fraction of sp³-hybridized carbons (Fsp3) is 0.125. The highest BCUT2D eigenvalue weighted by atomic mass is 32.1. The van der Waals surface area contributed by atoms with Gasteiger partial charge in [-0.1, -0.05) is 11.3 Å². The zero-order chi connectivity index (χ0) is 10.1. The third kappa shape index (κ3) is 1.39. The van der Waals surface area contributed by atoms with Gasteiger partial charge in [0.2, 0.25) is 0 Å². The van der Waals surface area contributed by atoms with E-state index in [0.717, 1.165) is 11.3 Å². The molecule has 2 rings (SSSR count). The summed E-state index contributed by atoms with van der Waals surface area (Å²) >= 11 is 1.14. The van der Waals surface area contributed by atoms with E-state index in [1.54, 1.807) is 30.2 Å². The number of aromatic carboxylic acids is 1. The number of hydrogen-bond donors (Lipinski definition) is 1. The number of rotatable bonds is 2. The van der Waals surface area contributed by atoms with E-state index in [1.807, 2.05) is 0 Å². The van der Waals surface area contributed by atoms with Gasteiger partial charge in [0.15, 0.2) is 5.13 Å². The lowest BCUT2D eigenvalue weighted by molar-refractivity contribution is 0.0701. The average Bonchev–Trinajstić information content (AvgIpc) is 2.70. The van der Waals surface area contributed by atoms with Crippen LogP contribution in [0.1, 0.15) is 15.4 Å². The maximum Gasteiger partial charge on any atom is 0.347 e. The van der Waals surface area contributed by atoms with Gasteiger partial charge in [-0.3, -0.25) is 4.57 Å². The number of nitrogens with zero attached hydrogens (tertiary/aromatic N) is 3. The summed E-state index contributed by atoms with van der Waals surface area (Å²) in [5.74, 6) is -0.939. The molecule has 0 amide bonds. The first-order valence-corrected chi connectivity index (χ1v) is 4.69. The van der Waals surface area contributed by atoms with Crippen molar-refractivity contribution in [2.24, 2.45) is 0 Å². The SMILES string of the molecule is Cc1nc(-n2ccnc2)sc1C(=O)O. The zero-order valence-electron chi connectivity index (χ0n) is 7.34. The van der Waals surface area contributed by atoms with Crippen LogP contribution in [0, 0.1) is 6.92 Å². The summed E-state index contributed by atoms with van der Waals surface area (Å²) in [7, 11) is 0. The Bertz CT molecular complexity index is 461. The smallest absolute Gasteiger partial charge is 0.347 e. The van der Waals surface area contributed by atoms with Crippen molar-refractivity contribution in [3.05, 3.63) is 29.3 Å². The molecule has 2 aromatic heterocycles. The Labute approximate surface area is 83.7 Å². The Balaban J connectivity index is 2.48. The lowest BCUT2D eigenvalue weighted by Crippen LogP contribution is -1.94. The number of carboxylic acids is 1. The van der Waals surface area contributed by atoms with Crippen LogP contribution in [-0.4, -0.2) is 25.6 Å². The molecule has 0 bridgehead atoms. The Kier molecular flexibility index (Phi) is 2.05. The molecular formula is C8H7N3O2S. The third-order valence-electron chi connectivity index (χ3n) is 1.70. The van der Waals surface area contributed by atoms with Crippen molar-refractivity contribution in [3.63, 3.8) is 0 Å². The van der Waals surface area contributed by atoms with E-state index in [1.165, 1.54) is 0 Å². The van der Waals surface area contributed by atoms with Crippen molar-refractivity contribution < 1.29 is 9.90 Å². The van der Waals surface area contributed by atoms with Crippen molar-refractivity contribution >= 4 is 17.3 Å². The van der Waals surface area contributed by atoms with Crippen LogP contribution >= 0.6 is 11.3 Å². The van der Waals surface area contributed by atoms with Crippen LogP contribution in [0.2, 0.25) is 0 Å². The molecule has 0 atom stereocenters. The second kappa shape index (κ2) is 3.22. The monoisotopic (exact) mass is 209 g/mol. The minimum Gasteiger partial charge on any atom is -0.477 e. The van der Waals surface area contributed by atoms with Crippen molar-refractivity contribution in [1.82, 2.24) is 14.5 Å². The summed E-state index contributed by atoms with van der Waals surface area (Å²) in [4.78, 5) is 19.0. The zero-order valence-corrected chi connectivity index (χ0v) is 8.15.